The van der Waals surface area contributed by atoms with E-state index in [0.29, 0.717) is 18.2 Å². The van der Waals surface area contributed by atoms with Crippen LogP contribution in [0.15, 0.2) is 45.7 Å². The van der Waals surface area contributed by atoms with Crippen molar-refractivity contribution in [3.8, 4) is 5.75 Å². The number of carbonyl (C=O) groups excluding carboxylic acids is 3. The summed E-state index contributed by atoms with van der Waals surface area (Å²) in [4.78, 5) is 40.4. The molecule has 5 rings (SSSR count). The van der Waals surface area contributed by atoms with Gasteiger partial charge in [-0.2, -0.15) is 8.42 Å². The summed E-state index contributed by atoms with van der Waals surface area (Å²) in [6.45, 7) is 5.11. The zero-order chi connectivity index (χ0) is 28.1. The summed E-state index contributed by atoms with van der Waals surface area (Å²) in [6.07, 6.45) is 2.84. The monoisotopic (exact) mass is 557 g/mol. The van der Waals surface area contributed by atoms with Crippen molar-refractivity contribution < 1.29 is 36.7 Å². The fourth-order valence-corrected chi connectivity index (χ4v) is 5.83. The molecule has 0 bridgehead atoms. The Morgan fingerprint density at radius 3 is 2.62 bits per heavy atom. The van der Waals surface area contributed by atoms with E-state index in [9.17, 15) is 27.2 Å². The number of ketones is 1. The van der Waals surface area contributed by atoms with Gasteiger partial charge in [-0.15, -0.1) is 4.40 Å². The molecule has 206 valence electrons. The van der Waals surface area contributed by atoms with E-state index in [1.165, 1.54) is 49.1 Å². The highest BCUT2D eigenvalue weighted by atomic mass is 32.2. The fraction of sp³-hybridized carbons (Fsp3) is 0.407. The second-order valence-corrected chi connectivity index (χ2v) is 11.8. The number of amides is 1. The van der Waals surface area contributed by atoms with E-state index < -0.39 is 45.0 Å². The SMILES string of the molecule is CCOC(=O)C(C)(C)Oc1ccc2c(c1)S(=O)(=O)N=C(C1C(=O)c3cc(F)ccc3N(CCC3CC3)C1=O)N2. The molecule has 0 aromatic heterocycles. The average Bonchev–Trinajstić information content (AvgIpc) is 3.69. The number of esters is 1. The summed E-state index contributed by atoms with van der Waals surface area (Å²) in [7, 11) is -4.38. The van der Waals surface area contributed by atoms with Crippen LogP contribution in [0.1, 0.15) is 50.4 Å². The molecule has 3 aliphatic rings. The lowest BCUT2D eigenvalue weighted by Gasteiger charge is -2.34. The highest BCUT2D eigenvalue weighted by Crippen LogP contribution is 2.39. The Kier molecular flexibility index (Phi) is 6.69. The molecule has 12 heteroatoms. The van der Waals surface area contributed by atoms with Gasteiger partial charge in [-0.1, -0.05) is 12.8 Å². The van der Waals surface area contributed by atoms with Crippen molar-refractivity contribution in [1.82, 2.24) is 0 Å². The smallest absolute Gasteiger partial charge is 0.349 e. The first-order valence-corrected chi connectivity index (χ1v) is 14.1. The van der Waals surface area contributed by atoms with Gasteiger partial charge >= 0.3 is 5.97 Å². The number of hydrogen-bond donors (Lipinski definition) is 1. The van der Waals surface area contributed by atoms with Gasteiger partial charge in [0.25, 0.3) is 10.0 Å². The summed E-state index contributed by atoms with van der Waals surface area (Å²) in [5.41, 5.74) is -1.02. The van der Waals surface area contributed by atoms with Crippen LogP contribution in [0.2, 0.25) is 0 Å². The molecule has 2 aliphatic heterocycles. The van der Waals surface area contributed by atoms with Crippen LogP contribution in [-0.4, -0.2) is 50.7 Å². The van der Waals surface area contributed by atoms with E-state index in [0.717, 1.165) is 25.3 Å². The second kappa shape index (κ2) is 9.74. The number of fused-ring (bicyclic) bond motifs is 2. The molecule has 1 unspecified atom stereocenters. The quantitative estimate of drug-likeness (QED) is 0.384. The molecular weight excluding hydrogens is 529 g/mol. The first kappa shape index (κ1) is 26.8. The lowest BCUT2D eigenvalue weighted by atomic mass is 9.88. The normalized spacial score (nSPS) is 19.9. The predicted molar refractivity (Wildman–Crippen MR) is 140 cm³/mol. The molecule has 2 heterocycles. The van der Waals surface area contributed by atoms with Gasteiger partial charge in [0.05, 0.1) is 18.0 Å². The molecule has 10 nitrogen and oxygen atoms in total. The molecule has 0 spiro atoms. The number of Topliss-reactive ketones (excluding diaryl/α,β-unsaturated/α-hetero) is 1. The van der Waals surface area contributed by atoms with Gasteiger partial charge in [0.15, 0.2) is 17.3 Å². The predicted octanol–water partition coefficient (Wildman–Crippen LogP) is 3.70. The van der Waals surface area contributed by atoms with Gasteiger partial charge in [-0.05, 0) is 63.4 Å². The van der Waals surface area contributed by atoms with E-state index in [-0.39, 0.29) is 34.3 Å². The minimum atomic E-state index is -4.38. The number of benzene rings is 2. The number of halogens is 1. The number of nitrogens with one attached hydrogen (secondary N) is 1. The molecule has 1 saturated carbocycles. The largest absolute Gasteiger partial charge is 0.476 e. The Morgan fingerprint density at radius 2 is 1.92 bits per heavy atom. The molecule has 0 radical (unpaired) electrons. The first-order chi connectivity index (χ1) is 18.4. The van der Waals surface area contributed by atoms with Gasteiger partial charge in [0.1, 0.15) is 22.3 Å². The molecule has 1 N–H and O–H groups in total. The molecule has 1 fully saturated rings. The third kappa shape index (κ3) is 5.12. The van der Waals surface area contributed by atoms with E-state index in [1.807, 2.05) is 0 Å². The van der Waals surface area contributed by atoms with Crippen molar-refractivity contribution in [3.05, 3.63) is 47.8 Å². The molecule has 0 saturated heterocycles. The molecule has 2 aromatic carbocycles. The Morgan fingerprint density at radius 1 is 1.18 bits per heavy atom. The summed E-state index contributed by atoms with van der Waals surface area (Å²) in [5.74, 6) is -4.01. The summed E-state index contributed by atoms with van der Waals surface area (Å²) < 4.78 is 55.1. The van der Waals surface area contributed by atoms with Crippen LogP contribution in [0.3, 0.4) is 0 Å². The lowest BCUT2D eigenvalue weighted by molar-refractivity contribution is -0.158. The highest BCUT2D eigenvalue weighted by molar-refractivity contribution is 7.90. The Hall–Kier alpha value is -3.80. The minimum absolute atomic E-state index is 0.00645. The number of amidine groups is 1. The van der Waals surface area contributed by atoms with Crippen molar-refractivity contribution in [2.45, 2.75) is 50.5 Å². The average molecular weight is 558 g/mol. The lowest BCUT2D eigenvalue weighted by Crippen LogP contribution is -2.50. The Balaban J connectivity index is 1.47. The molecule has 1 atom stereocenters. The van der Waals surface area contributed by atoms with E-state index in [1.54, 1.807) is 6.92 Å². The molecule has 1 aliphatic carbocycles. The molecule has 1 amide bonds. The van der Waals surface area contributed by atoms with Gasteiger partial charge < -0.3 is 19.7 Å². The van der Waals surface area contributed by atoms with Crippen molar-refractivity contribution in [1.29, 1.82) is 0 Å². The third-order valence-corrected chi connectivity index (χ3v) is 8.20. The van der Waals surface area contributed by atoms with Crippen molar-refractivity contribution in [2.24, 2.45) is 16.2 Å². The van der Waals surface area contributed by atoms with Crippen LogP contribution < -0.4 is 15.0 Å². The third-order valence-electron chi connectivity index (χ3n) is 6.87. The maximum absolute atomic E-state index is 14.1. The Bertz CT molecular complexity index is 1520. The van der Waals surface area contributed by atoms with Crippen LogP contribution in [0.25, 0.3) is 0 Å². The number of rotatable bonds is 8. The zero-order valence-corrected chi connectivity index (χ0v) is 22.5. The van der Waals surface area contributed by atoms with Crippen LogP contribution in [0, 0.1) is 17.7 Å². The number of nitrogens with zero attached hydrogens (tertiary/aromatic N) is 2. The molecule has 39 heavy (non-hydrogen) atoms. The van der Waals surface area contributed by atoms with E-state index in [2.05, 4.69) is 9.71 Å². The maximum Gasteiger partial charge on any atom is 0.349 e. The molecule has 2 aromatic rings. The number of sulfonamides is 1. The zero-order valence-electron chi connectivity index (χ0n) is 21.7. The summed E-state index contributed by atoms with van der Waals surface area (Å²) in [6, 6.07) is 7.68. The van der Waals surface area contributed by atoms with Gasteiger partial charge in [-0.25, -0.2) is 9.18 Å². The molecular formula is C27H28FN3O7S. The van der Waals surface area contributed by atoms with E-state index in [4.69, 9.17) is 9.47 Å². The second-order valence-electron chi connectivity index (χ2n) is 10.2. The number of hydrogen-bond acceptors (Lipinski definition) is 8. The first-order valence-electron chi connectivity index (χ1n) is 12.7. The van der Waals surface area contributed by atoms with Crippen LogP contribution in [0.4, 0.5) is 15.8 Å². The van der Waals surface area contributed by atoms with Crippen LogP contribution in [0.5, 0.6) is 5.75 Å². The topological polar surface area (TPSA) is 131 Å². The maximum atomic E-state index is 14.1. The van der Waals surface area contributed by atoms with Crippen LogP contribution in [-0.2, 0) is 24.3 Å². The summed E-state index contributed by atoms with van der Waals surface area (Å²) in [5, 5.41) is 2.82. The highest BCUT2D eigenvalue weighted by Gasteiger charge is 2.45. The fourth-order valence-electron chi connectivity index (χ4n) is 4.66. The standard InChI is InChI=1S/C27H28FN3O7S/c1-4-37-26(34)27(2,3)38-17-8-9-19-21(14-17)39(35,36)30-24(29-19)22-23(32)18-13-16(28)7-10-20(18)31(25(22)33)12-11-15-5-6-15/h7-10,13-15,22H,4-6,11-12H2,1-3H3,(H,29,30). The summed E-state index contributed by atoms with van der Waals surface area (Å²) >= 11 is 0. The van der Waals surface area contributed by atoms with E-state index >= 15 is 0 Å². The van der Waals surface area contributed by atoms with Gasteiger partial charge in [-0.3, -0.25) is 9.59 Å². The van der Waals surface area contributed by atoms with Crippen LogP contribution >= 0.6 is 0 Å². The number of ether oxygens (including phenoxy) is 2. The Labute approximate surface area is 225 Å². The van der Waals surface area contributed by atoms with Gasteiger partial charge in [0.2, 0.25) is 5.91 Å². The van der Waals surface area contributed by atoms with Crippen molar-refractivity contribution in [3.63, 3.8) is 0 Å². The minimum Gasteiger partial charge on any atom is -0.476 e. The van der Waals surface area contributed by atoms with Crippen molar-refractivity contribution in [2.75, 3.05) is 23.4 Å². The number of anilines is 2. The number of carbonyl (C=O) groups is 3. The van der Waals surface area contributed by atoms with Gasteiger partial charge in [0, 0.05) is 18.2 Å². The van der Waals surface area contributed by atoms with Crippen molar-refractivity contribution >= 4 is 44.9 Å².